The Balaban J connectivity index is 0.000000177. The second kappa shape index (κ2) is 41.8. The van der Waals surface area contributed by atoms with E-state index in [-0.39, 0.29) is 64.9 Å². The number of anilines is 7. The van der Waals surface area contributed by atoms with Crippen molar-refractivity contribution in [3.63, 3.8) is 0 Å². The second-order valence-electron chi connectivity index (χ2n) is 26.6. The third-order valence-electron chi connectivity index (χ3n) is 16.2. The highest BCUT2D eigenvalue weighted by atomic mass is 79.9. The lowest BCUT2D eigenvalue weighted by molar-refractivity contribution is -0.138. The van der Waals surface area contributed by atoms with Gasteiger partial charge in [-0.25, -0.2) is 68.2 Å². The van der Waals surface area contributed by atoms with E-state index >= 15 is 0 Å². The largest absolute Gasteiger partial charge is 0.477 e. The fourth-order valence-electron chi connectivity index (χ4n) is 10.1. The van der Waals surface area contributed by atoms with Gasteiger partial charge in [-0.3, -0.25) is 9.59 Å². The molecule has 656 valence electrons. The molecule has 3 unspecified atom stereocenters. The van der Waals surface area contributed by atoms with E-state index in [2.05, 4.69) is 108 Å². The normalized spacial score (nSPS) is 14.7. The number of amides is 2. The fraction of sp³-hybridized carbons (Fsp3) is 0.263. The summed E-state index contributed by atoms with van der Waals surface area (Å²) in [5.74, 6) is -2.49. The summed E-state index contributed by atoms with van der Waals surface area (Å²) in [5.41, 5.74) is 11.8. The van der Waals surface area contributed by atoms with Gasteiger partial charge >= 0.3 is 36.6 Å². The summed E-state index contributed by atoms with van der Waals surface area (Å²) in [5, 5.41) is 57.0. The molecule has 2 fully saturated rings. The lowest BCUT2D eigenvalue weighted by Crippen LogP contribution is -2.34. The number of nitrogens with zero attached hydrogens (tertiary/aromatic N) is 16. The Bertz CT molecular complexity index is 5440. The molecule has 0 bridgehead atoms. The SMILES string of the molecule is CC1(C)OCC(CN)O1.CC1(C)OCC(CNC(=O)c2ccc(Nc3cnn(-c4ccc(C(F)(F)F)cn4)c3)cn2)O1.COC(=O)c1ccc(N)cn1.FC(F)(F)c1ccc(-n2cc(Br)cn2)nc1.O=C(NCC(O)CO)c1ccc(Nc2cnn(-c3ccc(C(F)(F)F)cn3)c2)cn1.O=C(O)c1ccc(Nc2cnn(-c3ccc(C(F)(F)F)cn3)c2)cn1. The zero-order chi connectivity index (χ0) is 90.3. The number of carboxylic acid groups (broad SMARTS) is 1. The van der Waals surface area contributed by atoms with Crippen LogP contribution in [0.1, 0.15) is 91.9 Å². The number of alkyl halides is 12. The molecule has 2 aliphatic rings. The molecule has 0 spiro atoms. The first-order chi connectivity index (χ1) is 58.5. The zero-order valence-electron chi connectivity index (χ0n) is 65.2. The maximum Gasteiger partial charge on any atom is 0.417 e. The molecule has 124 heavy (non-hydrogen) atoms. The average molecular weight is 1810 g/mol. The molecule has 2 amide bonds. The van der Waals surface area contributed by atoms with Gasteiger partial charge in [0.25, 0.3) is 11.8 Å². The number of rotatable bonds is 20. The van der Waals surface area contributed by atoms with Crippen LogP contribution in [0.2, 0.25) is 0 Å². The van der Waals surface area contributed by atoms with E-state index in [1.807, 2.05) is 27.7 Å². The molecule has 3 atom stereocenters. The topological polar surface area (TPSA) is 462 Å². The van der Waals surface area contributed by atoms with Crippen LogP contribution in [0.25, 0.3) is 23.3 Å². The molecule has 14 heterocycles. The molecular formula is C76H74BrF12N23O12. The number of carbonyl (C=O) groups excluding carboxylic acids is 3. The summed E-state index contributed by atoms with van der Waals surface area (Å²) in [6.07, 6.45) is 1.92. The smallest absolute Gasteiger partial charge is 0.417 e. The first-order valence-corrected chi connectivity index (χ1v) is 36.7. The number of pyridine rings is 8. The maximum atomic E-state index is 12.7. The van der Waals surface area contributed by atoms with E-state index in [0.29, 0.717) is 71.9 Å². The van der Waals surface area contributed by atoms with Crippen molar-refractivity contribution in [2.24, 2.45) is 5.73 Å². The summed E-state index contributed by atoms with van der Waals surface area (Å²) >= 11 is 3.18. The molecule has 12 aromatic rings. The van der Waals surface area contributed by atoms with Crippen molar-refractivity contribution in [3.8, 4) is 23.3 Å². The summed E-state index contributed by atoms with van der Waals surface area (Å²) in [6.45, 7) is 8.72. The standard InChI is InChI=1S/C21H21F3N6O3.C18H17F3N6O3.C15H10F3N5O2.C9H5BrF3N3.C7H8N2O2.C6H13NO2/c1-20(2)32-12-16(33-20)10-27-19(31)17-5-4-14(8-25-17)29-15-9-28-30(11-15)18-6-3-13(7-26-18)21(22,23)24;19-18(20,21)11-1-4-16(23-5-11)27-9-13(7-25-27)26-12-2-3-15(22-6-12)17(30)24-8-14(29)10-28;16-15(17,18)9-1-4-13(20-5-9)23-8-11(7-21-23)22-10-2-3-12(14(24)25)19-6-10;10-7-4-15-16(5-7)8-2-1-6(3-14-8)9(11,12)13;1-11-7(10)6-3-2-5(8)4-9-6;1-6(2)8-4-5(3-7)9-6/h3-9,11,16,29H,10,12H2,1-2H3,(H,27,31);1-7,9,14,26,28-29H,8,10H2,(H,24,30);1-8,22H,(H,24,25);1-5H;2-4H,8H2,1H3;5H,3-4,7H2,1-2H3. The van der Waals surface area contributed by atoms with Crippen molar-refractivity contribution >= 4 is 79.5 Å². The molecule has 12 aromatic heterocycles. The highest BCUT2D eigenvalue weighted by molar-refractivity contribution is 9.10. The summed E-state index contributed by atoms with van der Waals surface area (Å²) in [6, 6.07) is 21.0. The lowest BCUT2D eigenvalue weighted by Gasteiger charge is -2.17. The molecule has 0 radical (unpaired) electrons. The molecule has 0 aliphatic carbocycles. The van der Waals surface area contributed by atoms with Crippen LogP contribution in [0.5, 0.6) is 0 Å². The minimum absolute atomic E-state index is 0.0878. The van der Waals surface area contributed by atoms with Crippen LogP contribution < -0.4 is 38.1 Å². The number of carboxylic acids is 1. The van der Waals surface area contributed by atoms with Crippen LogP contribution in [0.3, 0.4) is 0 Å². The molecule has 0 aromatic carbocycles. The van der Waals surface area contributed by atoms with Crippen molar-refractivity contribution in [2.45, 2.75) is 82.3 Å². The van der Waals surface area contributed by atoms with Gasteiger partial charge < -0.3 is 77.1 Å². The van der Waals surface area contributed by atoms with Gasteiger partial charge in [0.15, 0.2) is 34.8 Å². The highest BCUT2D eigenvalue weighted by Crippen LogP contribution is 2.34. The Morgan fingerprint density at radius 1 is 0.476 bits per heavy atom. The van der Waals surface area contributed by atoms with Gasteiger partial charge in [0.1, 0.15) is 28.9 Å². The Labute approximate surface area is 702 Å². The fourth-order valence-corrected chi connectivity index (χ4v) is 10.3. The molecule has 2 aliphatic heterocycles. The molecule has 0 saturated carbocycles. The molecular weight excluding hydrogens is 1730 g/mol. The first kappa shape index (κ1) is 94.3. The monoisotopic (exact) mass is 1810 g/mol. The van der Waals surface area contributed by atoms with Gasteiger partial charge in [0.05, 0.1) is 174 Å². The van der Waals surface area contributed by atoms with Crippen molar-refractivity contribution in [1.82, 2.24) is 89.6 Å². The van der Waals surface area contributed by atoms with E-state index < -0.39 is 89.1 Å². The number of nitrogens with one attached hydrogen (secondary N) is 5. The second-order valence-corrected chi connectivity index (χ2v) is 27.5. The van der Waals surface area contributed by atoms with E-state index in [1.165, 1.54) is 136 Å². The van der Waals surface area contributed by atoms with Crippen LogP contribution in [0.15, 0.2) is 201 Å². The van der Waals surface area contributed by atoms with E-state index in [1.54, 1.807) is 36.7 Å². The van der Waals surface area contributed by atoms with Crippen LogP contribution in [0, 0.1) is 0 Å². The van der Waals surface area contributed by atoms with E-state index in [0.717, 1.165) is 53.5 Å². The predicted molar refractivity (Wildman–Crippen MR) is 419 cm³/mol. The van der Waals surface area contributed by atoms with Crippen molar-refractivity contribution < 1.29 is 111 Å². The Kier molecular flexibility index (Phi) is 31.8. The van der Waals surface area contributed by atoms with Gasteiger partial charge in [0, 0.05) is 50.6 Å². The maximum absolute atomic E-state index is 12.7. The number of methoxy groups -OCH3 is 1. The molecule has 48 heteroatoms. The minimum Gasteiger partial charge on any atom is -0.477 e. The number of ether oxygens (including phenoxy) is 5. The van der Waals surface area contributed by atoms with Crippen molar-refractivity contribution in [2.75, 3.05) is 68.2 Å². The number of carbonyl (C=O) groups is 4. The van der Waals surface area contributed by atoms with Gasteiger partial charge in [-0.15, -0.1) is 0 Å². The predicted octanol–water partition coefficient (Wildman–Crippen LogP) is 11.5. The minimum atomic E-state index is -4.46. The number of nitrogens with two attached hydrogens (primary N) is 2. The number of aromatic nitrogens is 16. The van der Waals surface area contributed by atoms with Gasteiger partial charge in [-0.2, -0.15) is 73.1 Å². The summed E-state index contributed by atoms with van der Waals surface area (Å²) in [7, 11) is 1.31. The number of hydrogen-bond acceptors (Lipinski definition) is 28. The van der Waals surface area contributed by atoms with Gasteiger partial charge in [-0.1, -0.05) is 0 Å². The Morgan fingerprint density at radius 2 is 0.831 bits per heavy atom. The van der Waals surface area contributed by atoms with Crippen LogP contribution >= 0.6 is 15.9 Å². The Morgan fingerprint density at radius 3 is 1.11 bits per heavy atom. The van der Waals surface area contributed by atoms with Crippen molar-refractivity contribution in [1.29, 1.82) is 0 Å². The quantitative estimate of drug-likeness (QED) is 0.0250. The summed E-state index contributed by atoms with van der Waals surface area (Å²) in [4.78, 5) is 76.4. The lowest BCUT2D eigenvalue weighted by atomic mass is 10.3. The number of nitrogen functional groups attached to an aromatic ring is 1. The number of aliphatic hydroxyl groups excluding tert-OH is 2. The first-order valence-electron chi connectivity index (χ1n) is 35.9. The average Bonchev–Trinajstić information content (AvgIpc) is 1.64. The molecule has 14 rings (SSSR count). The number of halogens is 13. The van der Waals surface area contributed by atoms with E-state index in [4.69, 9.17) is 40.6 Å². The number of aromatic carboxylic acids is 1. The van der Waals surface area contributed by atoms with Crippen LogP contribution in [-0.2, 0) is 48.4 Å². The van der Waals surface area contributed by atoms with Gasteiger partial charge in [0.2, 0.25) is 0 Å². The number of hydrogen-bond donors (Lipinski definition) is 10. The highest BCUT2D eigenvalue weighted by Gasteiger charge is 2.36. The van der Waals surface area contributed by atoms with Crippen LogP contribution in [0.4, 0.5) is 92.5 Å². The number of esters is 1. The zero-order valence-corrected chi connectivity index (χ0v) is 66.8. The third-order valence-corrected chi connectivity index (χ3v) is 16.6. The van der Waals surface area contributed by atoms with E-state index in [9.17, 15) is 77.0 Å². The number of aliphatic hydroxyl groups is 2. The van der Waals surface area contributed by atoms with Gasteiger partial charge in [-0.05, 0) is 141 Å². The summed E-state index contributed by atoms with van der Waals surface area (Å²) < 4.78 is 182. The third kappa shape index (κ3) is 28.8. The Hall–Kier alpha value is -13.5. The molecule has 2 saturated heterocycles. The molecule has 12 N–H and O–H groups in total. The molecule has 35 nitrogen and oxygen atoms in total. The van der Waals surface area contributed by atoms with Crippen LogP contribution in [-0.4, -0.2) is 195 Å². The van der Waals surface area contributed by atoms with Crippen molar-refractivity contribution in [3.05, 3.63) is 246 Å².